The smallest absolute Gasteiger partial charge is 0.217 e. The maximum atomic E-state index is 10.5. The fourth-order valence-electron chi connectivity index (χ4n) is 1.20. The second-order valence-corrected chi connectivity index (χ2v) is 3.26. The van der Waals surface area contributed by atoms with Crippen LogP contribution in [0.4, 0.5) is 0 Å². The average Bonchev–Trinajstić information content (AvgIpc) is 2.64. The van der Waals surface area contributed by atoms with Crippen LogP contribution in [0.25, 0.3) is 0 Å². The molecule has 5 heteroatoms. The molecular weight excluding hydrogens is 180 g/mol. The molecule has 1 aromatic heterocycles. The van der Waals surface area contributed by atoms with E-state index in [1.165, 1.54) is 0 Å². The van der Waals surface area contributed by atoms with Crippen LogP contribution in [0.1, 0.15) is 31.5 Å². The molecule has 1 atom stereocenters. The van der Waals surface area contributed by atoms with Crippen molar-refractivity contribution >= 4 is 5.91 Å². The van der Waals surface area contributed by atoms with E-state index < -0.39 is 0 Å². The number of aromatic nitrogens is 2. The highest BCUT2D eigenvalue weighted by Crippen LogP contribution is 2.06. The Morgan fingerprint density at radius 1 is 1.79 bits per heavy atom. The van der Waals surface area contributed by atoms with Crippen LogP contribution in [-0.4, -0.2) is 22.6 Å². The lowest BCUT2D eigenvalue weighted by Crippen LogP contribution is -2.22. The number of hydrogen-bond donors (Lipinski definition) is 3. The summed E-state index contributed by atoms with van der Waals surface area (Å²) >= 11 is 0. The molecule has 4 N–H and O–H groups in total. The number of H-pyrrole nitrogens is 1. The zero-order chi connectivity index (χ0) is 10.4. The minimum Gasteiger partial charge on any atom is -0.370 e. The monoisotopic (exact) mass is 196 g/mol. The van der Waals surface area contributed by atoms with Crippen LogP contribution in [-0.2, 0) is 4.79 Å². The van der Waals surface area contributed by atoms with Gasteiger partial charge in [-0.2, -0.15) is 5.10 Å². The van der Waals surface area contributed by atoms with Crippen LogP contribution in [0, 0.1) is 0 Å². The summed E-state index contributed by atoms with van der Waals surface area (Å²) in [6.07, 6.45) is 2.92. The topological polar surface area (TPSA) is 83.8 Å². The number of nitrogens with one attached hydrogen (secondary N) is 2. The van der Waals surface area contributed by atoms with Crippen molar-refractivity contribution in [3.63, 3.8) is 0 Å². The number of carbonyl (C=O) groups excluding carboxylic acids is 1. The number of carbonyl (C=O) groups is 1. The first-order valence-corrected chi connectivity index (χ1v) is 4.71. The Kier molecular flexibility index (Phi) is 4.12. The minimum absolute atomic E-state index is 0.227. The number of aromatic amines is 1. The molecule has 0 radical (unpaired) electrons. The van der Waals surface area contributed by atoms with Gasteiger partial charge in [-0.05, 0) is 26.0 Å². The molecule has 0 fully saturated rings. The molecule has 5 nitrogen and oxygen atoms in total. The van der Waals surface area contributed by atoms with Crippen molar-refractivity contribution in [2.45, 2.75) is 25.8 Å². The summed E-state index contributed by atoms with van der Waals surface area (Å²) in [6, 6.07) is 2.15. The van der Waals surface area contributed by atoms with E-state index in [2.05, 4.69) is 15.5 Å². The van der Waals surface area contributed by atoms with Gasteiger partial charge in [0.05, 0.1) is 5.69 Å². The van der Waals surface area contributed by atoms with Crippen LogP contribution in [0.15, 0.2) is 12.3 Å². The molecule has 78 valence electrons. The molecule has 0 saturated heterocycles. The van der Waals surface area contributed by atoms with Gasteiger partial charge in [0.1, 0.15) is 0 Å². The van der Waals surface area contributed by atoms with E-state index in [-0.39, 0.29) is 11.9 Å². The van der Waals surface area contributed by atoms with Crippen LogP contribution in [0.5, 0.6) is 0 Å². The van der Waals surface area contributed by atoms with Crippen LogP contribution in [0.2, 0.25) is 0 Å². The Balaban J connectivity index is 2.16. The number of amides is 1. The quantitative estimate of drug-likeness (QED) is 0.573. The molecule has 0 aliphatic carbocycles. The van der Waals surface area contributed by atoms with E-state index in [1.54, 1.807) is 6.20 Å². The second kappa shape index (κ2) is 5.39. The number of nitrogens with zero attached hydrogens (tertiary/aromatic N) is 1. The highest BCUT2D eigenvalue weighted by molar-refractivity contribution is 5.73. The van der Waals surface area contributed by atoms with E-state index in [0.29, 0.717) is 6.42 Å². The minimum atomic E-state index is -0.249. The lowest BCUT2D eigenvalue weighted by atomic mass is 10.2. The van der Waals surface area contributed by atoms with Gasteiger partial charge in [0.2, 0.25) is 5.91 Å². The highest BCUT2D eigenvalue weighted by atomic mass is 16.1. The maximum absolute atomic E-state index is 10.5. The molecule has 1 amide bonds. The number of primary amides is 1. The van der Waals surface area contributed by atoms with Gasteiger partial charge in [-0.1, -0.05) is 0 Å². The lowest BCUT2D eigenvalue weighted by Gasteiger charge is -2.10. The first kappa shape index (κ1) is 10.7. The molecule has 0 saturated carbocycles. The fourth-order valence-corrected chi connectivity index (χ4v) is 1.20. The molecule has 0 aliphatic rings. The van der Waals surface area contributed by atoms with E-state index in [1.807, 2.05) is 13.0 Å². The Bertz CT molecular complexity index is 270. The van der Waals surface area contributed by atoms with E-state index in [4.69, 9.17) is 5.73 Å². The Labute approximate surface area is 83.1 Å². The first-order chi connectivity index (χ1) is 6.70. The van der Waals surface area contributed by atoms with Crippen molar-refractivity contribution in [2.24, 2.45) is 5.73 Å². The van der Waals surface area contributed by atoms with Gasteiger partial charge < -0.3 is 11.1 Å². The Morgan fingerprint density at radius 3 is 3.14 bits per heavy atom. The van der Waals surface area contributed by atoms with Gasteiger partial charge in [-0.25, -0.2) is 0 Å². The standard InChI is InChI=1S/C9H16N4O/c1-7(8-4-6-12-13-8)11-5-2-3-9(10)14/h4,6-7,11H,2-3,5H2,1H3,(H2,10,14)(H,12,13). The summed E-state index contributed by atoms with van der Waals surface area (Å²) < 4.78 is 0. The van der Waals surface area contributed by atoms with Crippen LogP contribution >= 0.6 is 0 Å². The SMILES string of the molecule is CC(NCCCC(N)=O)c1ccn[nH]1. The van der Waals surface area contributed by atoms with Crippen molar-refractivity contribution in [3.8, 4) is 0 Å². The molecular formula is C9H16N4O. The van der Waals surface area contributed by atoms with Crippen molar-refractivity contribution in [1.82, 2.24) is 15.5 Å². The largest absolute Gasteiger partial charge is 0.370 e. The van der Waals surface area contributed by atoms with Crippen molar-refractivity contribution in [1.29, 1.82) is 0 Å². The van der Waals surface area contributed by atoms with Gasteiger partial charge in [0.15, 0.2) is 0 Å². The Morgan fingerprint density at radius 2 is 2.57 bits per heavy atom. The van der Waals surface area contributed by atoms with Gasteiger partial charge in [0.25, 0.3) is 0 Å². The lowest BCUT2D eigenvalue weighted by molar-refractivity contribution is -0.118. The third-order valence-corrected chi connectivity index (χ3v) is 2.04. The fraction of sp³-hybridized carbons (Fsp3) is 0.556. The third-order valence-electron chi connectivity index (χ3n) is 2.04. The Hall–Kier alpha value is -1.36. The highest BCUT2D eigenvalue weighted by Gasteiger charge is 2.04. The summed E-state index contributed by atoms with van der Waals surface area (Å²) in [5, 5.41) is 10.0. The molecule has 1 unspecified atom stereocenters. The summed E-state index contributed by atoms with van der Waals surface area (Å²) in [7, 11) is 0. The zero-order valence-electron chi connectivity index (χ0n) is 8.29. The molecule has 1 aromatic rings. The van der Waals surface area contributed by atoms with Crippen LogP contribution < -0.4 is 11.1 Å². The van der Waals surface area contributed by atoms with Gasteiger partial charge >= 0.3 is 0 Å². The summed E-state index contributed by atoms with van der Waals surface area (Å²) in [4.78, 5) is 10.5. The van der Waals surface area contributed by atoms with Crippen molar-refractivity contribution in [2.75, 3.05) is 6.54 Å². The van der Waals surface area contributed by atoms with Gasteiger partial charge in [-0.15, -0.1) is 0 Å². The predicted molar refractivity (Wildman–Crippen MR) is 53.4 cm³/mol. The van der Waals surface area contributed by atoms with E-state index >= 15 is 0 Å². The molecule has 0 aliphatic heterocycles. The molecule has 14 heavy (non-hydrogen) atoms. The molecule has 0 spiro atoms. The zero-order valence-corrected chi connectivity index (χ0v) is 8.29. The number of nitrogens with two attached hydrogens (primary N) is 1. The normalized spacial score (nSPS) is 12.6. The van der Waals surface area contributed by atoms with Crippen molar-refractivity contribution in [3.05, 3.63) is 18.0 Å². The van der Waals surface area contributed by atoms with E-state index in [9.17, 15) is 4.79 Å². The predicted octanol–water partition coefficient (Wildman–Crippen LogP) is 0.326. The molecule has 0 bridgehead atoms. The van der Waals surface area contributed by atoms with Crippen LogP contribution in [0.3, 0.4) is 0 Å². The van der Waals surface area contributed by atoms with Crippen molar-refractivity contribution < 1.29 is 4.79 Å². The van der Waals surface area contributed by atoms with Gasteiger partial charge in [-0.3, -0.25) is 9.89 Å². The number of rotatable bonds is 6. The molecule has 1 rings (SSSR count). The first-order valence-electron chi connectivity index (χ1n) is 4.71. The van der Waals surface area contributed by atoms with E-state index in [0.717, 1.165) is 18.7 Å². The summed E-state index contributed by atoms with van der Waals surface area (Å²) in [5.74, 6) is -0.249. The molecule has 0 aromatic carbocycles. The summed E-state index contributed by atoms with van der Waals surface area (Å²) in [6.45, 7) is 2.82. The maximum Gasteiger partial charge on any atom is 0.217 e. The second-order valence-electron chi connectivity index (χ2n) is 3.26. The van der Waals surface area contributed by atoms with Gasteiger partial charge in [0, 0.05) is 18.7 Å². The molecule has 1 heterocycles. The number of hydrogen-bond acceptors (Lipinski definition) is 3. The average molecular weight is 196 g/mol. The summed E-state index contributed by atoms with van der Waals surface area (Å²) in [5.41, 5.74) is 6.07. The third kappa shape index (κ3) is 3.57.